The fourth-order valence-electron chi connectivity index (χ4n) is 8.89. The second-order valence-electron chi connectivity index (χ2n) is 21.0. The highest BCUT2D eigenvalue weighted by molar-refractivity contribution is 6.21. The fraction of sp³-hybridized carbons (Fsp3) is 0.393. The van der Waals surface area contributed by atoms with Crippen molar-refractivity contribution < 1.29 is 56.6 Å². The van der Waals surface area contributed by atoms with Gasteiger partial charge in [-0.15, -0.1) is 13.2 Å². The molecule has 0 aromatic heterocycles. The van der Waals surface area contributed by atoms with E-state index in [1.165, 1.54) is 15.9 Å². The van der Waals surface area contributed by atoms with E-state index in [1.807, 2.05) is 137 Å². The first-order valence-corrected chi connectivity index (χ1v) is 26.0. The summed E-state index contributed by atoms with van der Waals surface area (Å²) in [6, 6.07) is 34.0. The zero-order valence-corrected chi connectivity index (χ0v) is 46.5. The number of likely N-dealkylation sites (N-methyl/N-ethyl adjacent to an activating group) is 2. The Morgan fingerprint density at radius 3 is 1.29 bits per heavy atom. The minimum Gasteiger partial charge on any atom is -0.481 e. The molecule has 0 radical (unpaired) electrons. The highest BCUT2D eigenvalue weighted by Gasteiger charge is 2.41. The number of carbonyl (C=O) groups excluding carboxylic acids is 6. The minimum absolute atomic E-state index is 0.0857. The molecule has 6 rings (SSSR count). The largest absolute Gasteiger partial charge is 0.481 e. The average molecular weight is 1090 g/mol. The standard InChI is InChI=1S/C31H39N3O4.C27H31N3O4.C3H3F3O/c1-8-14-22(30(37)38-31(4,5)6)24(19-20(2)3)28(35)33-27-29(36)34(7)25-18-13-12-17-23(25)26(32-27)21-15-10-9-11-16-21;1-5-11-19(27(33)34)21(16-17(2)3)25(31)29-24-26(32)30(4)22-15-10-9-14-20(22)23(28-24)18-12-7-6-8-13-18;1-2(7)3(4,5)6/h8-13,15-18,20,22,24,27H,1,14,19H2,2-7H3,(H,33,35);5-10,12-15,17,19,21,24H,1,11,16H2,2-4H3,(H,29,31)(H,33,34);1H3/t22-,24+,27?;19-,21+,24?;/m00./s1. The number of nitrogens with zero attached hydrogens (tertiary/aromatic N) is 4. The van der Waals surface area contributed by atoms with E-state index < -0.39 is 83.2 Å². The van der Waals surface area contributed by atoms with Crippen LogP contribution in [-0.4, -0.2) is 96.1 Å². The second kappa shape index (κ2) is 28.6. The summed E-state index contributed by atoms with van der Waals surface area (Å²) in [5.41, 5.74) is 5.09. The molecule has 3 N–H and O–H groups in total. The van der Waals surface area contributed by atoms with E-state index >= 15 is 0 Å². The van der Waals surface area contributed by atoms with Crippen LogP contribution in [0.15, 0.2) is 144 Å². The number of halogens is 3. The molecule has 0 bridgehead atoms. The number of anilines is 2. The number of fused-ring (bicyclic) bond motifs is 2. The lowest BCUT2D eigenvalue weighted by Gasteiger charge is -2.30. The first-order chi connectivity index (χ1) is 37.1. The van der Waals surface area contributed by atoms with Crippen molar-refractivity contribution in [2.24, 2.45) is 45.5 Å². The van der Waals surface area contributed by atoms with Gasteiger partial charge >= 0.3 is 18.1 Å². The van der Waals surface area contributed by atoms with Crippen LogP contribution in [0.1, 0.15) is 103 Å². The Morgan fingerprint density at radius 2 is 0.962 bits per heavy atom. The Bertz CT molecular complexity index is 2880. The van der Waals surface area contributed by atoms with Gasteiger partial charge in [0, 0.05) is 43.3 Å². The van der Waals surface area contributed by atoms with E-state index in [0.717, 1.165) is 22.3 Å². The summed E-state index contributed by atoms with van der Waals surface area (Å²) in [5, 5.41) is 15.4. The van der Waals surface area contributed by atoms with Crippen LogP contribution in [-0.2, 0) is 38.3 Å². The Morgan fingerprint density at radius 1 is 0.620 bits per heavy atom. The van der Waals surface area contributed by atoms with Crippen LogP contribution in [0.4, 0.5) is 24.5 Å². The quantitative estimate of drug-likeness (QED) is 0.0640. The highest BCUT2D eigenvalue weighted by Crippen LogP contribution is 2.32. The summed E-state index contributed by atoms with van der Waals surface area (Å²) >= 11 is 0. The summed E-state index contributed by atoms with van der Waals surface area (Å²) in [4.78, 5) is 101. The molecule has 2 heterocycles. The van der Waals surface area contributed by atoms with Crippen molar-refractivity contribution in [1.29, 1.82) is 0 Å². The van der Waals surface area contributed by atoms with Crippen molar-refractivity contribution in [3.05, 3.63) is 157 Å². The lowest BCUT2D eigenvalue weighted by Crippen LogP contribution is -2.50. The molecule has 2 aliphatic heterocycles. The van der Waals surface area contributed by atoms with E-state index in [0.29, 0.717) is 42.6 Å². The molecule has 4 amide bonds. The van der Waals surface area contributed by atoms with E-state index in [2.05, 4.69) is 23.8 Å². The number of aliphatic imine (C=N–C) groups is 2. The number of hydrogen-bond donors (Lipinski definition) is 3. The SMILES string of the molecule is C=CC[C@H](C(=O)O)[C@@H](CC(C)C)C(=O)NC1N=C(c2ccccc2)c2ccccc2N(C)C1=O.C=CC[C@H](C(=O)OC(C)(C)C)[C@@H](CC(C)C)C(=O)NC1N=C(c2ccccc2)c2ccccc2N(C)C1=O.CC(=O)C(F)(F)F. The zero-order valence-electron chi connectivity index (χ0n) is 46.5. The van der Waals surface area contributed by atoms with Gasteiger partial charge in [-0.05, 0) is 70.4 Å². The van der Waals surface area contributed by atoms with Crippen molar-refractivity contribution in [3.8, 4) is 0 Å². The van der Waals surface area contributed by atoms with Crippen LogP contribution in [0.3, 0.4) is 0 Å². The number of ketones is 1. The minimum atomic E-state index is -4.64. The van der Waals surface area contributed by atoms with E-state index in [4.69, 9.17) is 14.7 Å². The molecule has 4 aromatic rings. The van der Waals surface area contributed by atoms with Crippen LogP contribution in [0.25, 0.3) is 0 Å². The molecule has 2 unspecified atom stereocenters. The maximum atomic E-state index is 13.8. The number of carbonyl (C=O) groups is 7. The molecular formula is C61H73F3N6O9. The lowest BCUT2D eigenvalue weighted by atomic mass is 9.82. The third-order valence-electron chi connectivity index (χ3n) is 12.7. The van der Waals surface area contributed by atoms with Gasteiger partial charge in [0.15, 0.2) is 0 Å². The van der Waals surface area contributed by atoms with Gasteiger partial charge in [0.1, 0.15) is 5.60 Å². The molecule has 15 nitrogen and oxygen atoms in total. The normalized spacial score (nSPS) is 16.7. The number of ether oxygens (including phenoxy) is 1. The number of carboxylic acid groups (broad SMARTS) is 1. The number of amides is 4. The Hall–Kier alpha value is -8.02. The van der Waals surface area contributed by atoms with Crippen molar-refractivity contribution >= 4 is 64.1 Å². The van der Waals surface area contributed by atoms with E-state index in [1.54, 1.807) is 40.9 Å². The van der Waals surface area contributed by atoms with Crippen molar-refractivity contribution in [1.82, 2.24) is 10.6 Å². The molecule has 6 atom stereocenters. The predicted octanol–water partition coefficient (Wildman–Crippen LogP) is 10.2. The molecule has 2 aliphatic rings. The number of allylic oxidation sites excluding steroid dienone is 2. The zero-order chi connectivity index (χ0) is 58.9. The molecule has 4 aromatic carbocycles. The van der Waals surface area contributed by atoms with Gasteiger partial charge in [0.2, 0.25) is 29.9 Å². The number of carboxylic acids is 1. The number of esters is 1. The van der Waals surface area contributed by atoms with Gasteiger partial charge in [-0.2, -0.15) is 13.2 Å². The number of benzene rings is 4. The summed E-state index contributed by atoms with van der Waals surface area (Å²) in [7, 11) is 3.32. The fourth-order valence-corrected chi connectivity index (χ4v) is 8.89. The maximum absolute atomic E-state index is 13.8. The first kappa shape index (κ1) is 63.5. The van der Waals surface area contributed by atoms with E-state index in [-0.39, 0.29) is 30.6 Å². The van der Waals surface area contributed by atoms with E-state index in [9.17, 15) is 51.8 Å². The molecule has 0 aliphatic carbocycles. The van der Waals surface area contributed by atoms with Gasteiger partial charge in [0.25, 0.3) is 11.8 Å². The number of rotatable bonds is 18. The molecule has 18 heteroatoms. The van der Waals surface area contributed by atoms with Crippen LogP contribution in [0, 0.1) is 35.5 Å². The van der Waals surface area contributed by atoms with Gasteiger partial charge < -0.3 is 30.3 Å². The van der Waals surface area contributed by atoms with Crippen molar-refractivity contribution in [2.75, 3.05) is 23.9 Å². The Balaban J connectivity index is 0.000000305. The molecule has 0 saturated carbocycles. The molecule has 79 heavy (non-hydrogen) atoms. The number of para-hydroxylation sites is 2. The lowest BCUT2D eigenvalue weighted by molar-refractivity contribution is -0.168. The molecule has 0 fully saturated rings. The number of aliphatic carboxylic acids is 1. The predicted molar refractivity (Wildman–Crippen MR) is 300 cm³/mol. The van der Waals surface area contributed by atoms with Crippen LogP contribution < -0.4 is 20.4 Å². The molecule has 422 valence electrons. The van der Waals surface area contributed by atoms with Crippen LogP contribution in [0.5, 0.6) is 0 Å². The van der Waals surface area contributed by atoms with Gasteiger partial charge in [-0.3, -0.25) is 33.6 Å². The van der Waals surface area contributed by atoms with Crippen LogP contribution in [0.2, 0.25) is 0 Å². The second-order valence-corrected chi connectivity index (χ2v) is 21.0. The summed E-state index contributed by atoms with van der Waals surface area (Å²) in [5.74, 6) is -7.96. The summed E-state index contributed by atoms with van der Waals surface area (Å²) < 4.78 is 38.1. The average Bonchev–Trinajstić information content (AvgIpc) is 3.56. The van der Waals surface area contributed by atoms with Gasteiger partial charge in [0.05, 0.1) is 46.5 Å². The molecule has 0 saturated heterocycles. The summed E-state index contributed by atoms with van der Waals surface area (Å²) in [6.45, 7) is 21.2. The Kier molecular flexibility index (Phi) is 23.0. The molecule has 0 spiro atoms. The monoisotopic (exact) mass is 1090 g/mol. The summed E-state index contributed by atoms with van der Waals surface area (Å²) in [6.07, 6.45) is -2.61. The highest BCUT2D eigenvalue weighted by atomic mass is 19.4. The Labute approximate surface area is 461 Å². The van der Waals surface area contributed by atoms with Crippen molar-refractivity contribution in [3.63, 3.8) is 0 Å². The third-order valence-corrected chi connectivity index (χ3v) is 12.7. The smallest absolute Gasteiger partial charge is 0.449 e. The number of Topliss-reactive ketones (excluding diaryl/α,β-unsaturated/α-hetero) is 1. The van der Waals surface area contributed by atoms with Crippen molar-refractivity contribution in [2.45, 2.75) is 105 Å². The topological polar surface area (TPSA) is 204 Å². The molecular weight excluding hydrogens is 1020 g/mol. The number of hydrogen-bond acceptors (Lipinski definition) is 10. The first-order valence-electron chi connectivity index (χ1n) is 26.0. The van der Waals surface area contributed by atoms with Crippen LogP contribution >= 0.6 is 0 Å². The van der Waals surface area contributed by atoms with Gasteiger partial charge in [-0.25, -0.2) is 9.98 Å². The third kappa shape index (κ3) is 17.7. The maximum Gasteiger partial charge on any atom is 0.449 e. The number of nitrogens with one attached hydrogen (secondary N) is 2. The number of benzodiazepines with no additional fused rings is 2. The number of alkyl halides is 3. The van der Waals surface area contributed by atoms with Gasteiger partial charge in [-0.1, -0.05) is 137 Å².